The summed E-state index contributed by atoms with van der Waals surface area (Å²) in [6, 6.07) is 4.85. The smallest absolute Gasteiger partial charge is 0.341 e. The fourth-order valence-electron chi connectivity index (χ4n) is 1.50. The number of carbonyl (C=O) groups is 1. The molecule has 1 aromatic heterocycles. The number of nitrogen functional groups attached to an aromatic ring is 1. The van der Waals surface area contributed by atoms with Crippen LogP contribution in [0.2, 0.25) is 0 Å². The molecule has 0 saturated carbocycles. The van der Waals surface area contributed by atoms with E-state index in [0.717, 1.165) is 5.01 Å². The Morgan fingerprint density at radius 3 is 3.00 bits per heavy atom. The number of aromatic nitrogens is 1. The summed E-state index contributed by atoms with van der Waals surface area (Å²) in [7, 11) is 0. The maximum Gasteiger partial charge on any atom is 0.341 e. The molecule has 0 unspecified atom stereocenters. The second-order valence-electron chi connectivity index (χ2n) is 3.69. The van der Waals surface area contributed by atoms with Crippen LogP contribution in [0.4, 0.5) is 5.69 Å². The molecule has 1 aromatic carbocycles. The fourth-order valence-corrected chi connectivity index (χ4v) is 2.03. The van der Waals surface area contributed by atoms with Crippen LogP contribution < -0.4 is 10.5 Å². The van der Waals surface area contributed by atoms with Crippen molar-refractivity contribution in [1.29, 1.82) is 0 Å². The minimum Gasteiger partial charge on any atom is -0.485 e. The molecule has 0 aliphatic rings. The first-order chi connectivity index (χ1) is 9.20. The molecule has 19 heavy (non-hydrogen) atoms. The topological polar surface area (TPSA) is 74.4 Å². The molecule has 2 rings (SSSR count). The standard InChI is InChI=1S/C13H14N2O3S/c1-2-17-13(16)10-4-3-9(14)7-11(10)18-8-12-15-5-6-19-12/h3-7H,2,8,14H2,1H3. The molecule has 1 heterocycles. The Kier molecular flexibility index (Phi) is 4.35. The van der Waals surface area contributed by atoms with Gasteiger partial charge >= 0.3 is 5.97 Å². The first-order valence-electron chi connectivity index (χ1n) is 5.78. The second-order valence-corrected chi connectivity index (χ2v) is 4.67. The molecule has 0 atom stereocenters. The zero-order valence-electron chi connectivity index (χ0n) is 10.5. The van der Waals surface area contributed by atoms with E-state index >= 15 is 0 Å². The Labute approximate surface area is 115 Å². The summed E-state index contributed by atoms with van der Waals surface area (Å²) in [6.07, 6.45) is 1.70. The van der Waals surface area contributed by atoms with Crippen LogP contribution in [0.25, 0.3) is 0 Å². The number of nitrogens with zero attached hydrogens (tertiary/aromatic N) is 1. The highest BCUT2D eigenvalue weighted by Gasteiger charge is 2.14. The molecular formula is C13H14N2O3S. The van der Waals surface area contributed by atoms with Crippen LogP contribution in [0.5, 0.6) is 5.75 Å². The molecule has 5 nitrogen and oxygen atoms in total. The van der Waals surface area contributed by atoms with Gasteiger partial charge in [-0.05, 0) is 19.1 Å². The highest BCUT2D eigenvalue weighted by Crippen LogP contribution is 2.24. The van der Waals surface area contributed by atoms with Crippen molar-refractivity contribution in [2.24, 2.45) is 0 Å². The lowest BCUT2D eigenvalue weighted by Gasteiger charge is -2.10. The molecule has 0 saturated heterocycles. The Morgan fingerprint density at radius 1 is 1.47 bits per heavy atom. The molecule has 0 radical (unpaired) electrons. The van der Waals surface area contributed by atoms with Crippen molar-refractivity contribution in [2.75, 3.05) is 12.3 Å². The highest BCUT2D eigenvalue weighted by atomic mass is 32.1. The summed E-state index contributed by atoms with van der Waals surface area (Å²) >= 11 is 1.49. The molecular weight excluding hydrogens is 264 g/mol. The van der Waals surface area contributed by atoms with Crippen LogP contribution in [0.15, 0.2) is 29.8 Å². The van der Waals surface area contributed by atoms with E-state index in [4.69, 9.17) is 15.2 Å². The molecule has 100 valence electrons. The minimum atomic E-state index is -0.420. The number of hydrogen-bond donors (Lipinski definition) is 1. The number of esters is 1. The number of carbonyl (C=O) groups excluding carboxylic acids is 1. The van der Waals surface area contributed by atoms with Crippen molar-refractivity contribution in [2.45, 2.75) is 13.5 Å². The SMILES string of the molecule is CCOC(=O)c1ccc(N)cc1OCc1nccs1. The maximum atomic E-state index is 11.8. The highest BCUT2D eigenvalue weighted by molar-refractivity contribution is 7.09. The largest absolute Gasteiger partial charge is 0.485 e. The number of nitrogens with two attached hydrogens (primary N) is 1. The lowest BCUT2D eigenvalue weighted by atomic mass is 10.2. The van der Waals surface area contributed by atoms with Gasteiger partial charge in [0, 0.05) is 23.3 Å². The zero-order chi connectivity index (χ0) is 13.7. The monoisotopic (exact) mass is 278 g/mol. The Morgan fingerprint density at radius 2 is 2.32 bits per heavy atom. The van der Waals surface area contributed by atoms with Gasteiger partial charge in [0.1, 0.15) is 22.9 Å². The van der Waals surface area contributed by atoms with Gasteiger partial charge in [0.15, 0.2) is 0 Å². The Hall–Kier alpha value is -2.08. The number of hydrogen-bond acceptors (Lipinski definition) is 6. The normalized spacial score (nSPS) is 10.2. The van der Waals surface area contributed by atoms with Crippen molar-refractivity contribution in [3.63, 3.8) is 0 Å². The molecule has 0 bridgehead atoms. The van der Waals surface area contributed by atoms with Crippen molar-refractivity contribution >= 4 is 23.0 Å². The van der Waals surface area contributed by atoms with E-state index in [1.807, 2.05) is 5.38 Å². The fraction of sp³-hybridized carbons (Fsp3) is 0.231. The van der Waals surface area contributed by atoms with Gasteiger partial charge in [0.05, 0.1) is 6.61 Å². The van der Waals surface area contributed by atoms with Crippen molar-refractivity contribution in [3.05, 3.63) is 40.3 Å². The molecule has 6 heteroatoms. The van der Waals surface area contributed by atoms with Crippen LogP contribution >= 0.6 is 11.3 Å². The predicted molar refractivity (Wildman–Crippen MR) is 73.3 cm³/mol. The molecule has 2 aromatic rings. The van der Waals surface area contributed by atoms with E-state index in [1.165, 1.54) is 11.3 Å². The third kappa shape index (κ3) is 3.45. The summed E-state index contributed by atoms with van der Waals surface area (Å²) in [6.45, 7) is 2.37. The first-order valence-corrected chi connectivity index (χ1v) is 6.66. The van der Waals surface area contributed by atoms with E-state index in [-0.39, 0.29) is 0 Å². The van der Waals surface area contributed by atoms with E-state index in [1.54, 1.807) is 31.3 Å². The van der Waals surface area contributed by atoms with Crippen LogP contribution in [0.3, 0.4) is 0 Å². The maximum absolute atomic E-state index is 11.8. The first kappa shape index (κ1) is 13.4. The molecule has 0 aliphatic carbocycles. The average molecular weight is 278 g/mol. The van der Waals surface area contributed by atoms with Crippen LogP contribution in [-0.4, -0.2) is 17.6 Å². The summed E-state index contributed by atoms with van der Waals surface area (Å²) in [4.78, 5) is 15.9. The van der Waals surface area contributed by atoms with Gasteiger partial charge in [0.2, 0.25) is 0 Å². The molecule has 0 fully saturated rings. The van der Waals surface area contributed by atoms with Crippen molar-refractivity contribution in [3.8, 4) is 5.75 Å². The van der Waals surface area contributed by atoms with Crippen molar-refractivity contribution in [1.82, 2.24) is 4.98 Å². The Balaban J connectivity index is 2.17. The van der Waals surface area contributed by atoms with E-state index in [2.05, 4.69) is 4.98 Å². The molecule has 0 amide bonds. The summed E-state index contributed by atoms with van der Waals surface area (Å²) in [5.74, 6) is -0.00899. The lowest BCUT2D eigenvalue weighted by Crippen LogP contribution is -2.08. The zero-order valence-corrected chi connectivity index (χ0v) is 11.3. The van der Waals surface area contributed by atoms with E-state index in [9.17, 15) is 4.79 Å². The van der Waals surface area contributed by atoms with Gasteiger partial charge in [-0.3, -0.25) is 0 Å². The number of benzene rings is 1. The minimum absolute atomic E-state index is 0.299. The quantitative estimate of drug-likeness (QED) is 0.671. The number of rotatable bonds is 5. The Bertz CT molecular complexity index is 555. The van der Waals surface area contributed by atoms with Gasteiger partial charge in [-0.25, -0.2) is 9.78 Å². The molecule has 0 aliphatic heterocycles. The molecule has 0 spiro atoms. The van der Waals surface area contributed by atoms with Gasteiger partial charge in [-0.15, -0.1) is 11.3 Å². The van der Waals surface area contributed by atoms with Gasteiger partial charge in [-0.1, -0.05) is 0 Å². The van der Waals surface area contributed by atoms with Crippen LogP contribution in [0, 0.1) is 0 Å². The predicted octanol–water partition coefficient (Wildman–Crippen LogP) is 2.48. The number of ether oxygens (including phenoxy) is 2. The third-order valence-corrected chi connectivity index (χ3v) is 3.09. The van der Waals surface area contributed by atoms with Crippen LogP contribution in [0.1, 0.15) is 22.3 Å². The van der Waals surface area contributed by atoms with Crippen LogP contribution in [-0.2, 0) is 11.3 Å². The average Bonchev–Trinajstić information content (AvgIpc) is 2.89. The summed E-state index contributed by atoms with van der Waals surface area (Å²) in [5, 5.41) is 2.70. The van der Waals surface area contributed by atoms with Gasteiger partial charge in [-0.2, -0.15) is 0 Å². The van der Waals surface area contributed by atoms with Gasteiger partial charge in [0.25, 0.3) is 0 Å². The summed E-state index contributed by atoms with van der Waals surface area (Å²) < 4.78 is 10.6. The number of thiazole rings is 1. The number of anilines is 1. The second kappa shape index (κ2) is 6.19. The lowest BCUT2D eigenvalue weighted by molar-refractivity contribution is 0.0521. The van der Waals surface area contributed by atoms with Gasteiger partial charge < -0.3 is 15.2 Å². The van der Waals surface area contributed by atoms with E-state index in [0.29, 0.717) is 30.2 Å². The summed E-state index contributed by atoms with van der Waals surface area (Å²) in [5.41, 5.74) is 6.60. The van der Waals surface area contributed by atoms with Crippen molar-refractivity contribution < 1.29 is 14.3 Å². The molecule has 2 N–H and O–H groups in total. The van der Waals surface area contributed by atoms with E-state index < -0.39 is 5.97 Å². The third-order valence-electron chi connectivity index (χ3n) is 2.34.